The summed E-state index contributed by atoms with van der Waals surface area (Å²) in [6.45, 7) is 0. The molecule has 2 aromatic heterocycles. The summed E-state index contributed by atoms with van der Waals surface area (Å²) in [4.78, 5) is 9.75. The van der Waals surface area contributed by atoms with Crippen LogP contribution in [0, 0.1) is 0 Å². The zero-order valence-corrected chi connectivity index (χ0v) is 28.1. The molecule has 0 spiro atoms. The summed E-state index contributed by atoms with van der Waals surface area (Å²) in [5.74, 6) is 0.640. The van der Waals surface area contributed by atoms with Gasteiger partial charge in [0.2, 0.25) is 0 Å². The number of pyridine rings is 1. The maximum Gasteiger partial charge on any atom is 0.146 e. The molecule has 0 aliphatic carbocycles. The van der Waals surface area contributed by atoms with E-state index in [9.17, 15) is 0 Å². The smallest absolute Gasteiger partial charge is 0.146 e. The van der Waals surface area contributed by atoms with Crippen LogP contribution in [0.4, 0.5) is 0 Å². The Hall–Kier alpha value is -6.00. The van der Waals surface area contributed by atoms with Crippen molar-refractivity contribution in [3.8, 4) is 50.6 Å². The quantitative estimate of drug-likeness (QED) is 0.186. The minimum absolute atomic E-state index is 0.162. The summed E-state index contributed by atoms with van der Waals surface area (Å²) >= 11 is 0. The highest BCUT2D eigenvalue weighted by atomic mass is 15.1. The fraction of sp³-hybridized carbons (Fsp3) is 0. The maximum atomic E-state index is 6.70. The highest BCUT2D eigenvalue weighted by molar-refractivity contribution is 6.68. The molecule has 0 N–H and O–H groups in total. The monoisotopic (exact) mass is 649 g/mol. The van der Waals surface area contributed by atoms with E-state index in [2.05, 4.69) is 96.0 Å². The van der Waals surface area contributed by atoms with Gasteiger partial charge in [-0.1, -0.05) is 126 Å². The Morgan fingerprint density at radius 1 is 0.423 bits per heavy atom. The van der Waals surface area contributed by atoms with E-state index < -0.39 is 0 Å². The second-order valence-corrected chi connectivity index (χ2v) is 12.9. The van der Waals surface area contributed by atoms with Crippen molar-refractivity contribution < 1.29 is 0 Å². The number of aromatic nitrogens is 3. The van der Waals surface area contributed by atoms with E-state index in [0.29, 0.717) is 11.5 Å². The van der Waals surface area contributed by atoms with Gasteiger partial charge in [-0.3, -0.25) is 9.55 Å². The van der Waals surface area contributed by atoms with Crippen LogP contribution in [-0.4, -0.2) is 53.8 Å². The fourth-order valence-electron chi connectivity index (χ4n) is 7.48. The lowest BCUT2D eigenvalue weighted by molar-refractivity contribution is 1.12. The number of hydrogen-bond acceptors (Lipinski definition) is 2. The van der Waals surface area contributed by atoms with Crippen molar-refractivity contribution in [2.75, 3.05) is 0 Å². The molecule has 0 saturated carbocycles. The maximum absolute atomic E-state index is 6.70. The van der Waals surface area contributed by atoms with Crippen molar-refractivity contribution in [1.82, 2.24) is 14.5 Å². The Balaban J connectivity index is 1.33. The molecule has 0 amide bonds. The summed E-state index contributed by atoms with van der Waals surface area (Å²) < 4.78 is 1.95. The third kappa shape index (κ3) is 4.97. The summed E-state index contributed by atoms with van der Waals surface area (Å²) in [5, 5.41) is 4.50. The fourth-order valence-corrected chi connectivity index (χ4v) is 7.48. The van der Waals surface area contributed by atoms with Crippen molar-refractivity contribution in [1.29, 1.82) is 0 Å². The molecular formula is C44H24B5N3. The molecule has 0 atom stereocenters. The van der Waals surface area contributed by atoms with Crippen molar-refractivity contribution >= 4 is 99.1 Å². The number of rotatable bonds is 5. The van der Waals surface area contributed by atoms with Gasteiger partial charge in [0, 0.05) is 23.0 Å². The molecule has 9 aromatic rings. The van der Waals surface area contributed by atoms with Crippen molar-refractivity contribution in [3.63, 3.8) is 0 Å². The minimum Gasteiger partial charge on any atom is -0.294 e. The van der Waals surface area contributed by atoms with Gasteiger partial charge in [0.15, 0.2) is 0 Å². The van der Waals surface area contributed by atoms with E-state index in [-0.39, 0.29) is 27.3 Å². The first kappa shape index (κ1) is 31.9. The topological polar surface area (TPSA) is 30.7 Å². The minimum atomic E-state index is 0.162. The van der Waals surface area contributed by atoms with Crippen LogP contribution < -0.4 is 27.3 Å². The van der Waals surface area contributed by atoms with Crippen LogP contribution in [0.1, 0.15) is 0 Å². The second-order valence-electron chi connectivity index (χ2n) is 12.9. The molecule has 10 radical (unpaired) electrons. The molecule has 7 aromatic carbocycles. The Morgan fingerprint density at radius 2 is 0.923 bits per heavy atom. The molecule has 8 heteroatoms. The second kappa shape index (κ2) is 12.6. The predicted octanol–water partition coefficient (Wildman–Crippen LogP) is 5.36. The summed E-state index contributed by atoms with van der Waals surface area (Å²) in [7, 11) is 32.5. The molecule has 0 bridgehead atoms. The van der Waals surface area contributed by atoms with Gasteiger partial charge in [-0.15, -0.1) is 16.4 Å². The summed E-state index contributed by atoms with van der Waals surface area (Å²) in [6, 6.07) is 47.9. The van der Waals surface area contributed by atoms with E-state index in [4.69, 9.17) is 44.2 Å². The molecule has 3 nitrogen and oxygen atoms in total. The van der Waals surface area contributed by atoms with Gasteiger partial charge in [0.25, 0.3) is 0 Å². The molecule has 0 saturated heterocycles. The van der Waals surface area contributed by atoms with E-state index in [1.54, 1.807) is 0 Å². The largest absolute Gasteiger partial charge is 0.294 e. The zero-order valence-electron chi connectivity index (χ0n) is 28.1. The van der Waals surface area contributed by atoms with Crippen molar-refractivity contribution in [2.45, 2.75) is 0 Å². The Kier molecular flexibility index (Phi) is 7.77. The third-order valence-corrected chi connectivity index (χ3v) is 9.96. The number of para-hydroxylation sites is 2. The van der Waals surface area contributed by atoms with Gasteiger partial charge < -0.3 is 0 Å². The lowest BCUT2D eigenvalue weighted by atomic mass is 9.61. The van der Waals surface area contributed by atoms with Crippen LogP contribution in [-0.2, 0) is 0 Å². The van der Waals surface area contributed by atoms with Gasteiger partial charge in [-0.05, 0) is 68.1 Å². The lowest BCUT2D eigenvalue weighted by Gasteiger charge is -2.24. The predicted molar refractivity (Wildman–Crippen MR) is 223 cm³/mol. The average molecular weight is 649 g/mol. The van der Waals surface area contributed by atoms with Crippen LogP contribution in [0.5, 0.6) is 0 Å². The number of nitrogens with zero attached hydrogens (tertiary/aromatic N) is 3. The zero-order chi connectivity index (χ0) is 35.5. The van der Waals surface area contributed by atoms with Crippen LogP contribution in [0.15, 0.2) is 146 Å². The first-order valence-corrected chi connectivity index (χ1v) is 17.0. The van der Waals surface area contributed by atoms with Crippen LogP contribution in [0.25, 0.3) is 83.2 Å². The number of imidazole rings is 1. The van der Waals surface area contributed by atoms with Crippen LogP contribution in [0.2, 0.25) is 0 Å². The van der Waals surface area contributed by atoms with Crippen LogP contribution >= 0.6 is 0 Å². The molecule has 0 fully saturated rings. The Morgan fingerprint density at radius 3 is 1.54 bits per heavy atom. The first-order chi connectivity index (χ1) is 25.4. The molecule has 2 heterocycles. The van der Waals surface area contributed by atoms with Crippen molar-refractivity contribution in [3.05, 3.63) is 146 Å². The number of hydrogen-bond donors (Lipinski definition) is 0. The van der Waals surface area contributed by atoms with E-state index in [1.165, 1.54) is 5.56 Å². The summed E-state index contributed by atoms with van der Waals surface area (Å²) in [5.41, 5.74) is 10.3. The molecule has 0 aliphatic rings. The SMILES string of the molecule is [B]c1c([B])c([B])c(-n2c(-c3ccccc3-c3c4ccccc4c(-c4ccc(-c5ccccn5)cc4)c4ccccc34)nc3ccccc32)c([B])c1[B]. The lowest BCUT2D eigenvalue weighted by Crippen LogP contribution is -2.56. The number of fused-ring (bicyclic) bond motifs is 3. The molecular weight excluding hydrogens is 625 g/mol. The van der Waals surface area contributed by atoms with Gasteiger partial charge >= 0.3 is 0 Å². The number of benzene rings is 7. The first-order valence-electron chi connectivity index (χ1n) is 17.0. The van der Waals surface area contributed by atoms with E-state index in [0.717, 1.165) is 66.1 Å². The molecule has 230 valence electrons. The van der Waals surface area contributed by atoms with Crippen molar-refractivity contribution in [2.24, 2.45) is 0 Å². The van der Waals surface area contributed by atoms with Gasteiger partial charge in [-0.25, -0.2) is 4.98 Å². The molecule has 0 unspecified atom stereocenters. The Labute approximate surface area is 308 Å². The molecule has 9 rings (SSSR count). The summed E-state index contributed by atoms with van der Waals surface area (Å²) in [6.07, 6.45) is 1.82. The van der Waals surface area contributed by atoms with Gasteiger partial charge in [-0.2, -0.15) is 0 Å². The van der Waals surface area contributed by atoms with E-state index in [1.807, 2.05) is 59.3 Å². The highest BCUT2D eigenvalue weighted by Gasteiger charge is 2.24. The van der Waals surface area contributed by atoms with Crippen LogP contribution in [0.3, 0.4) is 0 Å². The van der Waals surface area contributed by atoms with Gasteiger partial charge in [0.05, 0.1) is 16.7 Å². The Bertz CT molecular complexity index is 2760. The highest BCUT2D eigenvalue weighted by Crippen LogP contribution is 2.46. The molecule has 0 aliphatic heterocycles. The van der Waals surface area contributed by atoms with E-state index >= 15 is 0 Å². The normalized spacial score (nSPS) is 11.5. The average Bonchev–Trinajstić information content (AvgIpc) is 3.58. The molecule has 52 heavy (non-hydrogen) atoms. The third-order valence-electron chi connectivity index (χ3n) is 9.96. The van der Waals surface area contributed by atoms with Gasteiger partial charge in [0.1, 0.15) is 45.1 Å². The standard InChI is InChI=1S/C44H24B5N3/c45-38-39(46)41(48)43(42(49)40(38)47)52-35-19-8-7-18-34(35)51-44(52)32-16-6-5-15-31(32)37-29-13-3-1-11-27(29)36(28-12-2-4-14-30(28)37)26-22-20-25(21-23-26)33-17-9-10-24-50-33/h1-24H.